The number of nitrogens with one attached hydrogen (secondary N) is 2. The minimum atomic E-state index is -0.197. The van der Waals surface area contributed by atoms with Crippen LogP contribution in [0.1, 0.15) is 32.6 Å². The summed E-state index contributed by atoms with van der Waals surface area (Å²) < 4.78 is 11.1. The molecule has 4 bridgehead atoms. The van der Waals surface area contributed by atoms with E-state index >= 15 is 0 Å². The van der Waals surface area contributed by atoms with Gasteiger partial charge in [0.2, 0.25) is 0 Å². The fourth-order valence-electron chi connectivity index (χ4n) is 2.16. The third-order valence-electron chi connectivity index (χ3n) is 3.32. The third kappa shape index (κ3) is 4.61. The van der Waals surface area contributed by atoms with E-state index < -0.39 is 0 Å². The van der Waals surface area contributed by atoms with Gasteiger partial charge in [0.25, 0.3) is 11.8 Å². The van der Waals surface area contributed by atoms with Crippen molar-refractivity contribution in [3.8, 4) is 0 Å². The summed E-state index contributed by atoms with van der Waals surface area (Å²) in [5.41, 5.74) is 0. The first-order valence-corrected chi connectivity index (χ1v) is 9.92. The summed E-state index contributed by atoms with van der Waals surface area (Å²) in [5, 5.41) is 5.66. The molecular weight excluding hydrogens is 348 g/mol. The molecule has 2 aromatic rings. The van der Waals surface area contributed by atoms with E-state index in [1.54, 1.807) is 35.7 Å². The van der Waals surface area contributed by atoms with Crippen molar-refractivity contribution in [2.45, 2.75) is 11.5 Å². The van der Waals surface area contributed by atoms with E-state index in [9.17, 15) is 9.59 Å². The van der Waals surface area contributed by atoms with Crippen molar-refractivity contribution in [1.29, 1.82) is 0 Å². The van der Waals surface area contributed by atoms with E-state index in [0.717, 1.165) is 23.0 Å². The summed E-state index contributed by atoms with van der Waals surface area (Å²) in [5.74, 6) is 4.57. The molecule has 6 nitrogen and oxygen atoms in total. The summed E-state index contributed by atoms with van der Waals surface area (Å²) >= 11 is 3.26. The van der Waals surface area contributed by atoms with Gasteiger partial charge in [0, 0.05) is 24.6 Å². The lowest BCUT2D eigenvalue weighted by molar-refractivity contribution is 0.0920. The number of amides is 2. The Balaban J connectivity index is 1.66. The third-order valence-corrected chi connectivity index (χ3v) is 5.29. The van der Waals surface area contributed by atoms with Crippen LogP contribution in [0.5, 0.6) is 0 Å². The minimum absolute atomic E-state index is 0.197. The Hall–Kier alpha value is -1.80. The summed E-state index contributed by atoms with van der Waals surface area (Å²) in [4.78, 5) is 23.9. The Morgan fingerprint density at radius 1 is 0.750 bits per heavy atom. The molecule has 0 fully saturated rings. The highest BCUT2D eigenvalue weighted by atomic mass is 32.2. The van der Waals surface area contributed by atoms with Gasteiger partial charge in [0.15, 0.2) is 11.5 Å². The SMILES string of the molecule is O=C1NCCSCCNC(=O)c2ccc(o2)CSCc2ccc1o2. The van der Waals surface area contributed by atoms with Crippen molar-refractivity contribution in [1.82, 2.24) is 10.6 Å². The summed E-state index contributed by atoms with van der Waals surface area (Å²) in [6.45, 7) is 1.12. The van der Waals surface area contributed by atoms with Crippen molar-refractivity contribution in [2.75, 3.05) is 24.6 Å². The van der Waals surface area contributed by atoms with Gasteiger partial charge in [-0.3, -0.25) is 9.59 Å². The highest BCUT2D eigenvalue weighted by Gasteiger charge is 2.13. The topological polar surface area (TPSA) is 84.5 Å². The van der Waals surface area contributed by atoms with Crippen LogP contribution in [-0.2, 0) is 11.5 Å². The largest absolute Gasteiger partial charge is 0.455 e. The van der Waals surface area contributed by atoms with E-state index in [1.165, 1.54) is 0 Å². The molecule has 1 aliphatic rings. The molecule has 0 atom stereocenters. The second-order valence-electron chi connectivity index (χ2n) is 5.15. The number of carbonyl (C=O) groups is 2. The van der Waals surface area contributed by atoms with Gasteiger partial charge in [-0.05, 0) is 24.3 Å². The van der Waals surface area contributed by atoms with E-state index in [4.69, 9.17) is 8.83 Å². The highest BCUT2D eigenvalue weighted by Crippen LogP contribution is 2.21. The smallest absolute Gasteiger partial charge is 0.287 e. The number of carbonyl (C=O) groups excluding carboxylic acids is 2. The van der Waals surface area contributed by atoms with Gasteiger partial charge in [-0.25, -0.2) is 0 Å². The van der Waals surface area contributed by atoms with Crippen molar-refractivity contribution in [2.24, 2.45) is 0 Å². The number of rotatable bonds is 0. The molecule has 3 heterocycles. The van der Waals surface area contributed by atoms with Crippen molar-refractivity contribution in [3.63, 3.8) is 0 Å². The van der Waals surface area contributed by atoms with E-state index in [2.05, 4.69) is 10.6 Å². The Labute approximate surface area is 148 Å². The maximum Gasteiger partial charge on any atom is 0.287 e. The molecule has 1 aliphatic heterocycles. The van der Waals surface area contributed by atoms with Gasteiger partial charge in [0.05, 0.1) is 11.5 Å². The predicted octanol–water partition coefficient (Wildman–Crippen LogP) is 2.51. The second kappa shape index (κ2) is 8.34. The molecule has 0 unspecified atom stereocenters. The fraction of sp³-hybridized carbons (Fsp3) is 0.375. The molecule has 0 spiro atoms. The average molecular weight is 366 g/mol. The normalized spacial score (nSPS) is 17.5. The number of thioether (sulfide) groups is 2. The number of hydrogen-bond acceptors (Lipinski definition) is 6. The Bertz CT molecular complexity index is 652. The maximum atomic E-state index is 12.0. The van der Waals surface area contributed by atoms with Gasteiger partial charge < -0.3 is 19.5 Å². The number of fused-ring (bicyclic) bond motifs is 4. The van der Waals surface area contributed by atoms with Crippen LogP contribution >= 0.6 is 23.5 Å². The van der Waals surface area contributed by atoms with Gasteiger partial charge in [-0.2, -0.15) is 11.8 Å². The van der Waals surface area contributed by atoms with Crippen molar-refractivity contribution in [3.05, 3.63) is 47.3 Å². The van der Waals surface area contributed by atoms with Gasteiger partial charge in [-0.1, -0.05) is 0 Å². The Morgan fingerprint density at radius 3 is 1.75 bits per heavy atom. The Kier molecular flexibility index (Phi) is 5.92. The lowest BCUT2D eigenvalue weighted by atomic mass is 10.4. The minimum Gasteiger partial charge on any atom is -0.455 e. The van der Waals surface area contributed by atoms with Crippen LogP contribution in [0.2, 0.25) is 0 Å². The lowest BCUT2D eigenvalue weighted by Crippen LogP contribution is -2.27. The van der Waals surface area contributed by atoms with Gasteiger partial charge in [0.1, 0.15) is 11.5 Å². The van der Waals surface area contributed by atoms with Crippen molar-refractivity contribution < 1.29 is 18.4 Å². The Morgan fingerprint density at radius 2 is 1.25 bits per heavy atom. The zero-order valence-corrected chi connectivity index (χ0v) is 14.6. The maximum absolute atomic E-state index is 12.0. The summed E-state index contributed by atoms with van der Waals surface area (Å²) in [7, 11) is 0. The summed E-state index contributed by atoms with van der Waals surface area (Å²) in [6.07, 6.45) is 0. The molecule has 24 heavy (non-hydrogen) atoms. The predicted molar refractivity (Wildman–Crippen MR) is 94.4 cm³/mol. The zero-order valence-electron chi connectivity index (χ0n) is 13.0. The number of furan rings is 2. The molecule has 2 aromatic heterocycles. The van der Waals surface area contributed by atoms with E-state index in [-0.39, 0.29) is 11.8 Å². The standard InChI is InChI=1S/C16H18N2O4S2/c19-15-13-3-1-11(21-13)9-24-10-12-2-4-14(22-12)16(20)18-6-8-23-7-5-17-15/h1-4H,5-10H2,(H,17,19)(H,18,20). The van der Waals surface area contributed by atoms with Gasteiger partial charge in [-0.15, -0.1) is 11.8 Å². The molecule has 2 N–H and O–H groups in total. The molecular formula is C16H18N2O4S2. The molecule has 0 saturated heterocycles. The first-order chi connectivity index (χ1) is 11.7. The second-order valence-corrected chi connectivity index (χ2v) is 7.36. The van der Waals surface area contributed by atoms with E-state index in [0.29, 0.717) is 36.1 Å². The first-order valence-electron chi connectivity index (χ1n) is 7.62. The van der Waals surface area contributed by atoms with E-state index in [1.807, 2.05) is 12.1 Å². The van der Waals surface area contributed by atoms with Crippen LogP contribution in [0.3, 0.4) is 0 Å². The van der Waals surface area contributed by atoms with Crippen LogP contribution < -0.4 is 10.6 Å². The van der Waals surface area contributed by atoms with Gasteiger partial charge >= 0.3 is 0 Å². The highest BCUT2D eigenvalue weighted by molar-refractivity contribution is 7.99. The van der Waals surface area contributed by atoms with Crippen LogP contribution in [-0.4, -0.2) is 36.4 Å². The lowest BCUT2D eigenvalue weighted by Gasteiger charge is -2.05. The number of hydrogen-bond donors (Lipinski definition) is 2. The molecule has 8 heteroatoms. The zero-order chi connectivity index (χ0) is 16.8. The van der Waals surface area contributed by atoms with Crippen LogP contribution in [0.4, 0.5) is 0 Å². The van der Waals surface area contributed by atoms with Crippen LogP contribution in [0.15, 0.2) is 33.1 Å². The molecule has 0 aromatic carbocycles. The molecule has 0 radical (unpaired) electrons. The summed E-state index contributed by atoms with van der Waals surface area (Å²) in [6, 6.07) is 7.01. The average Bonchev–Trinajstić information content (AvgIpc) is 3.22. The van der Waals surface area contributed by atoms with Crippen LogP contribution in [0, 0.1) is 0 Å². The monoisotopic (exact) mass is 366 g/mol. The molecule has 2 amide bonds. The first kappa shape index (κ1) is 17.0. The van der Waals surface area contributed by atoms with Crippen LogP contribution in [0.25, 0.3) is 0 Å². The fourth-order valence-corrected chi connectivity index (χ4v) is 3.67. The van der Waals surface area contributed by atoms with Crippen molar-refractivity contribution >= 4 is 35.3 Å². The molecule has 0 saturated carbocycles. The molecule has 3 rings (SSSR count). The quantitative estimate of drug-likeness (QED) is 0.745. The molecule has 0 aliphatic carbocycles. The molecule has 128 valence electrons.